The lowest BCUT2D eigenvalue weighted by atomic mass is 10.2. The molecule has 2 aromatic rings. The number of ether oxygens (including phenoxy) is 2. The fourth-order valence-electron chi connectivity index (χ4n) is 1.74. The van der Waals surface area contributed by atoms with Gasteiger partial charge in [-0.15, -0.1) is 10.2 Å². The Morgan fingerprint density at radius 3 is 2.67 bits per heavy atom. The topological polar surface area (TPSA) is 61.5 Å². The Morgan fingerprint density at radius 1 is 1.29 bits per heavy atom. The van der Waals surface area contributed by atoms with Crippen LogP contribution in [0.25, 0.3) is 0 Å². The van der Waals surface area contributed by atoms with Gasteiger partial charge >= 0.3 is 0 Å². The van der Waals surface area contributed by atoms with Gasteiger partial charge < -0.3 is 9.47 Å². The molecule has 8 heteroatoms. The molecule has 0 atom stereocenters. The lowest BCUT2D eigenvalue weighted by Gasteiger charge is -2.10. The molecule has 0 aliphatic rings. The number of aryl methyl sites for hydroxylation is 1. The third-order valence-corrected chi connectivity index (χ3v) is 3.63. The minimum absolute atomic E-state index is 0.462. The van der Waals surface area contributed by atoms with Crippen molar-refractivity contribution in [3.8, 4) is 11.5 Å². The fourth-order valence-corrected chi connectivity index (χ4v) is 2.51. The maximum atomic E-state index is 6.16. The van der Waals surface area contributed by atoms with Crippen LogP contribution in [-0.2, 0) is 0 Å². The van der Waals surface area contributed by atoms with Gasteiger partial charge in [0, 0.05) is 0 Å². The molecule has 0 radical (unpaired) electrons. The van der Waals surface area contributed by atoms with Crippen LogP contribution in [0, 0.1) is 6.92 Å². The van der Waals surface area contributed by atoms with Crippen LogP contribution >= 0.6 is 23.4 Å². The molecular formula is C13H15ClN4O2S. The number of aromatic nitrogens is 3. The highest BCUT2D eigenvalue weighted by atomic mass is 35.5. The van der Waals surface area contributed by atoms with Crippen LogP contribution < -0.4 is 9.47 Å². The van der Waals surface area contributed by atoms with Crippen LogP contribution in [0.15, 0.2) is 22.4 Å². The second-order valence-corrected chi connectivity index (χ2v) is 5.21. The highest BCUT2D eigenvalue weighted by Gasteiger charge is 2.10. The zero-order valence-electron chi connectivity index (χ0n) is 12.1. The molecule has 21 heavy (non-hydrogen) atoms. The van der Waals surface area contributed by atoms with Gasteiger partial charge in [-0.1, -0.05) is 23.4 Å². The van der Waals surface area contributed by atoms with Crippen molar-refractivity contribution in [1.29, 1.82) is 0 Å². The highest BCUT2D eigenvalue weighted by Crippen LogP contribution is 2.35. The molecule has 0 bridgehead atoms. The first-order chi connectivity index (χ1) is 10.1. The lowest BCUT2D eigenvalue weighted by molar-refractivity contribution is 0.355. The molecule has 6 nitrogen and oxygen atoms in total. The Kier molecular flexibility index (Phi) is 5.08. The molecular weight excluding hydrogens is 312 g/mol. The molecule has 0 saturated heterocycles. The summed E-state index contributed by atoms with van der Waals surface area (Å²) in [4.78, 5) is 0. The average molecular weight is 327 g/mol. The third kappa shape index (κ3) is 3.30. The van der Waals surface area contributed by atoms with E-state index in [-0.39, 0.29) is 0 Å². The van der Waals surface area contributed by atoms with Crippen molar-refractivity contribution in [3.05, 3.63) is 28.5 Å². The quantitative estimate of drug-likeness (QED) is 0.624. The Bertz CT molecular complexity index is 672. The lowest BCUT2D eigenvalue weighted by Crippen LogP contribution is -1.97. The largest absolute Gasteiger partial charge is 0.493 e. The average Bonchev–Trinajstić information content (AvgIpc) is 2.84. The van der Waals surface area contributed by atoms with E-state index in [4.69, 9.17) is 21.1 Å². The summed E-state index contributed by atoms with van der Waals surface area (Å²) in [5.41, 5.74) is 0.790. The second kappa shape index (κ2) is 6.82. The molecule has 0 unspecified atom stereocenters. The minimum atomic E-state index is 0.462. The number of rotatable bonds is 5. The number of methoxy groups -OCH3 is 2. The van der Waals surface area contributed by atoms with E-state index < -0.39 is 0 Å². The summed E-state index contributed by atoms with van der Waals surface area (Å²) in [6.07, 6.45) is 3.59. The molecule has 1 heterocycles. The molecule has 0 aliphatic heterocycles. The van der Waals surface area contributed by atoms with E-state index in [1.165, 1.54) is 11.8 Å². The summed E-state index contributed by atoms with van der Waals surface area (Å²) in [6.45, 7) is 1.84. The van der Waals surface area contributed by atoms with E-state index in [0.29, 0.717) is 22.3 Å². The van der Waals surface area contributed by atoms with Crippen molar-refractivity contribution in [3.63, 3.8) is 0 Å². The monoisotopic (exact) mass is 326 g/mol. The van der Waals surface area contributed by atoms with E-state index in [1.807, 2.05) is 13.2 Å². The molecule has 1 aromatic heterocycles. The maximum absolute atomic E-state index is 6.16. The van der Waals surface area contributed by atoms with Gasteiger partial charge in [0.25, 0.3) is 0 Å². The molecule has 0 saturated carbocycles. The molecule has 2 rings (SSSR count). The van der Waals surface area contributed by atoms with Gasteiger partial charge in [0.15, 0.2) is 17.3 Å². The number of hydrogen-bond donors (Lipinski definition) is 0. The molecule has 0 N–H and O–H groups in total. The Labute approximate surface area is 132 Å². The normalized spacial score (nSPS) is 11.1. The molecule has 1 aromatic carbocycles. The zero-order chi connectivity index (χ0) is 15.4. The maximum Gasteiger partial charge on any atom is 0.211 e. The van der Waals surface area contributed by atoms with Crippen molar-refractivity contribution in [1.82, 2.24) is 14.9 Å². The van der Waals surface area contributed by atoms with Crippen LogP contribution in [0.2, 0.25) is 5.02 Å². The highest BCUT2D eigenvalue weighted by molar-refractivity contribution is 7.98. The van der Waals surface area contributed by atoms with E-state index >= 15 is 0 Å². The summed E-state index contributed by atoms with van der Waals surface area (Å²) in [5, 5.41) is 13.6. The molecule has 0 fully saturated rings. The van der Waals surface area contributed by atoms with Crippen molar-refractivity contribution in [2.45, 2.75) is 12.1 Å². The Morgan fingerprint density at radius 2 is 2.05 bits per heavy atom. The first-order valence-electron chi connectivity index (χ1n) is 6.02. The van der Waals surface area contributed by atoms with Crippen molar-refractivity contribution in [2.24, 2.45) is 5.10 Å². The van der Waals surface area contributed by atoms with Crippen LogP contribution in [0.4, 0.5) is 0 Å². The predicted molar refractivity (Wildman–Crippen MR) is 84.1 cm³/mol. The Balaban J connectivity index is 2.37. The smallest absolute Gasteiger partial charge is 0.211 e. The van der Waals surface area contributed by atoms with Crippen molar-refractivity contribution >= 4 is 29.6 Å². The number of nitrogens with zero attached hydrogens (tertiary/aromatic N) is 4. The standard InChI is InChI=1S/C13H15ClN4O2S/c1-8-16-17-13(21-4)18(8)15-7-9-5-10(14)12(20-3)11(6-9)19-2/h5-7H,1-4H3/b15-7-. The van der Waals surface area contributed by atoms with E-state index in [0.717, 1.165) is 10.7 Å². The van der Waals surface area contributed by atoms with Crippen LogP contribution in [0.3, 0.4) is 0 Å². The summed E-state index contributed by atoms with van der Waals surface area (Å²) >= 11 is 7.63. The number of hydrogen-bond acceptors (Lipinski definition) is 6. The summed E-state index contributed by atoms with van der Waals surface area (Å²) in [6, 6.07) is 3.55. The Hall–Kier alpha value is -1.73. The van der Waals surface area contributed by atoms with Gasteiger partial charge in [0.1, 0.15) is 0 Å². The van der Waals surface area contributed by atoms with Gasteiger partial charge in [0.05, 0.1) is 25.5 Å². The van der Waals surface area contributed by atoms with Gasteiger partial charge in [-0.3, -0.25) is 0 Å². The van der Waals surface area contributed by atoms with Gasteiger partial charge in [-0.2, -0.15) is 9.78 Å². The molecule has 112 valence electrons. The predicted octanol–water partition coefficient (Wildman–Crippen LogP) is 2.86. The van der Waals surface area contributed by atoms with Crippen molar-refractivity contribution < 1.29 is 9.47 Å². The molecule has 0 aliphatic carbocycles. The number of halogens is 1. The zero-order valence-corrected chi connectivity index (χ0v) is 13.7. The number of benzene rings is 1. The molecule has 0 amide bonds. The summed E-state index contributed by atoms with van der Waals surface area (Å²) in [5.74, 6) is 1.76. The molecule has 0 spiro atoms. The van der Waals surface area contributed by atoms with Gasteiger partial charge in [-0.05, 0) is 30.9 Å². The van der Waals surface area contributed by atoms with Crippen molar-refractivity contribution in [2.75, 3.05) is 20.5 Å². The second-order valence-electron chi connectivity index (χ2n) is 4.03. The summed E-state index contributed by atoms with van der Waals surface area (Å²) in [7, 11) is 3.10. The summed E-state index contributed by atoms with van der Waals surface area (Å²) < 4.78 is 12.1. The van der Waals surface area contributed by atoms with Gasteiger partial charge in [0.2, 0.25) is 5.16 Å². The number of thioether (sulfide) groups is 1. The SMILES string of the molecule is COc1cc(/C=N\n2c(C)nnc2SC)cc(Cl)c1OC. The first-order valence-corrected chi connectivity index (χ1v) is 7.62. The first kappa shape index (κ1) is 15.7. The third-order valence-electron chi connectivity index (χ3n) is 2.73. The van der Waals surface area contributed by atoms with E-state index in [2.05, 4.69) is 15.3 Å². The van der Waals surface area contributed by atoms with E-state index in [9.17, 15) is 0 Å². The fraction of sp³-hybridized carbons (Fsp3) is 0.308. The van der Waals surface area contributed by atoms with Crippen LogP contribution in [0.1, 0.15) is 11.4 Å². The van der Waals surface area contributed by atoms with E-state index in [1.54, 1.807) is 37.2 Å². The van der Waals surface area contributed by atoms with Crippen LogP contribution in [-0.4, -0.2) is 41.6 Å². The van der Waals surface area contributed by atoms with Crippen LogP contribution in [0.5, 0.6) is 11.5 Å². The minimum Gasteiger partial charge on any atom is -0.493 e. The van der Waals surface area contributed by atoms with Gasteiger partial charge in [-0.25, -0.2) is 0 Å².